The van der Waals surface area contributed by atoms with Crippen LogP contribution >= 0.6 is 11.3 Å². The number of carbonyl (C=O) groups is 1. The Morgan fingerprint density at radius 1 is 1.36 bits per heavy atom. The summed E-state index contributed by atoms with van der Waals surface area (Å²) in [6.45, 7) is 6.77. The molecule has 2 atom stereocenters. The molecule has 1 aliphatic heterocycles. The predicted octanol–water partition coefficient (Wildman–Crippen LogP) is 3.16. The molecule has 1 aromatic rings. The fourth-order valence-electron chi connectivity index (χ4n) is 3.49. The van der Waals surface area contributed by atoms with Crippen LogP contribution in [0.3, 0.4) is 0 Å². The second-order valence-electron chi connectivity index (χ2n) is 6.31. The Morgan fingerprint density at radius 2 is 2.05 bits per heavy atom. The van der Waals surface area contributed by atoms with Crippen molar-refractivity contribution in [2.24, 2.45) is 11.8 Å². The van der Waals surface area contributed by atoms with E-state index < -0.39 is 0 Å². The van der Waals surface area contributed by atoms with E-state index >= 15 is 0 Å². The van der Waals surface area contributed by atoms with E-state index in [0.717, 1.165) is 43.8 Å². The maximum absolute atomic E-state index is 12.3. The monoisotopic (exact) mass is 319 g/mol. The van der Waals surface area contributed by atoms with Gasteiger partial charge in [0.15, 0.2) is 0 Å². The van der Waals surface area contributed by atoms with Crippen LogP contribution in [0.2, 0.25) is 0 Å². The van der Waals surface area contributed by atoms with E-state index in [1.807, 2.05) is 4.90 Å². The molecule has 1 N–H and O–H groups in total. The van der Waals surface area contributed by atoms with E-state index in [-0.39, 0.29) is 6.03 Å². The SMILES string of the molecule is CCc1nc(CCNC(=O)N2CC3CC=CCC3C2)sc1C. The standard InChI is InChI=1S/C17H25N3OS/c1-3-15-12(2)22-16(19-15)8-9-18-17(21)20-10-13-6-4-5-7-14(13)11-20/h4-5,13-14H,3,6-11H2,1-2H3,(H,18,21). The summed E-state index contributed by atoms with van der Waals surface area (Å²) >= 11 is 1.75. The highest BCUT2D eigenvalue weighted by atomic mass is 32.1. The number of fused-ring (bicyclic) bond motifs is 1. The van der Waals surface area contributed by atoms with Crippen molar-refractivity contribution in [1.82, 2.24) is 15.2 Å². The number of carbonyl (C=O) groups excluding carboxylic acids is 1. The molecule has 2 unspecified atom stereocenters. The lowest BCUT2D eigenvalue weighted by atomic mass is 9.86. The van der Waals surface area contributed by atoms with Crippen molar-refractivity contribution in [3.05, 3.63) is 27.7 Å². The van der Waals surface area contributed by atoms with Crippen LogP contribution in [-0.2, 0) is 12.8 Å². The summed E-state index contributed by atoms with van der Waals surface area (Å²) in [6, 6.07) is 0.0957. The van der Waals surface area contributed by atoms with Crippen LogP contribution < -0.4 is 5.32 Å². The molecule has 0 bridgehead atoms. The van der Waals surface area contributed by atoms with Gasteiger partial charge in [-0.3, -0.25) is 0 Å². The molecule has 2 amide bonds. The Bertz CT molecular complexity index is 550. The zero-order chi connectivity index (χ0) is 15.5. The Labute approximate surface area is 136 Å². The van der Waals surface area contributed by atoms with Gasteiger partial charge in [0.25, 0.3) is 0 Å². The first-order valence-corrected chi connectivity index (χ1v) is 9.12. The molecule has 1 aromatic heterocycles. The molecule has 0 saturated carbocycles. The number of aryl methyl sites for hydroxylation is 2. The number of aromatic nitrogens is 1. The molecule has 2 heterocycles. The molecular weight excluding hydrogens is 294 g/mol. The van der Waals surface area contributed by atoms with E-state index in [4.69, 9.17) is 0 Å². The number of nitrogens with zero attached hydrogens (tertiary/aromatic N) is 2. The number of amides is 2. The molecule has 3 rings (SSSR count). The molecule has 4 nitrogen and oxygen atoms in total. The van der Waals surface area contributed by atoms with E-state index in [2.05, 4.69) is 36.3 Å². The van der Waals surface area contributed by atoms with Crippen molar-refractivity contribution in [1.29, 1.82) is 0 Å². The molecule has 2 aliphatic rings. The first-order chi connectivity index (χ1) is 10.7. The van der Waals surface area contributed by atoms with Crippen molar-refractivity contribution < 1.29 is 4.79 Å². The number of hydrogen-bond acceptors (Lipinski definition) is 3. The largest absolute Gasteiger partial charge is 0.338 e. The summed E-state index contributed by atoms with van der Waals surface area (Å²) in [5.74, 6) is 1.34. The Balaban J connectivity index is 1.44. The number of rotatable bonds is 4. The number of urea groups is 1. The van der Waals surface area contributed by atoms with Crippen LogP contribution in [0.5, 0.6) is 0 Å². The predicted molar refractivity (Wildman–Crippen MR) is 90.3 cm³/mol. The third-order valence-corrected chi connectivity index (χ3v) is 5.87. The molecule has 0 spiro atoms. The second kappa shape index (κ2) is 6.82. The van der Waals surface area contributed by atoms with Crippen molar-refractivity contribution in [2.75, 3.05) is 19.6 Å². The normalized spacial score (nSPS) is 23.6. The molecule has 120 valence electrons. The van der Waals surface area contributed by atoms with E-state index in [9.17, 15) is 4.79 Å². The average molecular weight is 319 g/mol. The van der Waals surface area contributed by atoms with Gasteiger partial charge in [-0.1, -0.05) is 19.1 Å². The molecule has 0 radical (unpaired) electrons. The van der Waals surface area contributed by atoms with Crippen LogP contribution in [0.25, 0.3) is 0 Å². The summed E-state index contributed by atoms with van der Waals surface area (Å²) < 4.78 is 0. The van der Waals surface area contributed by atoms with E-state index in [0.29, 0.717) is 18.4 Å². The van der Waals surface area contributed by atoms with E-state index in [1.165, 1.54) is 10.6 Å². The van der Waals surface area contributed by atoms with Gasteiger partial charge < -0.3 is 10.2 Å². The maximum Gasteiger partial charge on any atom is 0.317 e. The number of thiazole rings is 1. The van der Waals surface area contributed by atoms with Gasteiger partial charge in [0.2, 0.25) is 0 Å². The zero-order valence-corrected chi connectivity index (χ0v) is 14.3. The summed E-state index contributed by atoms with van der Waals surface area (Å²) in [6.07, 6.45) is 8.61. The Hall–Kier alpha value is -1.36. The third-order valence-electron chi connectivity index (χ3n) is 4.79. The first kappa shape index (κ1) is 15.5. The molecule has 0 aromatic carbocycles. The molecule has 1 aliphatic carbocycles. The van der Waals surface area contributed by atoms with Gasteiger partial charge in [0.1, 0.15) is 0 Å². The lowest BCUT2D eigenvalue weighted by Gasteiger charge is -2.17. The minimum Gasteiger partial charge on any atom is -0.338 e. The van der Waals surface area contributed by atoms with Crippen molar-refractivity contribution >= 4 is 17.4 Å². The summed E-state index contributed by atoms with van der Waals surface area (Å²) in [5.41, 5.74) is 1.20. The smallest absolute Gasteiger partial charge is 0.317 e. The van der Waals surface area contributed by atoms with Gasteiger partial charge in [0, 0.05) is 30.9 Å². The summed E-state index contributed by atoms with van der Waals surface area (Å²) in [7, 11) is 0. The number of likely N-dealkylation sites (tertiary alicyclic amines) is 1. The number of nitrogens with one attached hydrogen (secondary N) is 1. The maximum atomic E-state index is 12.3. The average Bonchev–Trinajstić information content (AvgIpc) is 3.10. The van der Waals surface area contributed by atoms with Gasteiger partial charge in [-0.15, -0.1) is 11.3 Å². The zero-order valence-electron chi connectivity index (χ0n) is 13.5. The highest BCUT2D eigenvalue weighted by Crippen LogP contribution is 2.32. The van der Waals surface area contributed by atoms with Crippen LogP contribution in [0.15, 0.2) is 12.2 Å². The molecule has 1 saturated heterocycles. The molecular formula is C17H25N3OS. The van der Waals surface area contributed by atoms with E-state index in [1.54, 1.807) is 11.3 Å². The van der Waals surface area contributed by atoms with Crippen LogP contribution in [0, 0.1) is 18.8 Å². The fraction of sp³-hybridized carbons (Fsp3) is 0.647. The van der Waals surface area contributed by atoms with Crippen molar-refractivity contribution in [3.63, 3.8) is 0 Å². The molecule has 1 fully saturated rings. The summed E-state index contributed by atoms with van der Waals surface area (Å²) in [4.78, 5) is 20.2. The quantitative estimate of drug-likeness (QED) is 0.867. The topological polar surface area (TPSA) is 45.2 Å². The highest BCUT2D eigenvalue weighted by molar-refractivity contribution is 7.11. The lowest BCUT2D eigenvalue weighted by molar-refractivity contribution is 0.206. The second-order valence-corrected chi connectivity index (χ2v) is 7.60. The Kier molecular flexibility index (Phi) is 4.81. The Morgan fingerprint density at radius 3 is 2.64 bits per heavy atom. The van der Waals surface area contributed by atoms with Crippen LogP contribution in [0.4, 0.5) is 4.79 Å². The lowest BCUT2D eigenvalue weighted by Crippen LogP contribution is -2.39. The molecule has 22 heavy (non-hydrogen) atoms. The van der Waals surface area contributed by atoms with Gasteiger partial charge in [-0.05, 0) is 38.0 Å². The van der Waals surface area contributed by atoms with Crippen LogP contribution in [-0.4, -0.2) is 35.5 Å². The van der Waals surface area contributed by atoms with Crippen molar-refractivity contribution in [3.8, 4) is 0 Å². The van der Waals surface area contributed by atoms with Gasteiger partial charge in [-0.2, -0.15) is 0 Å². The van der Waals surface area contributed by atoms with Crippen molar-refractivity contribution in [2.45, 2.75) is 39.5 Å². The van der Waals surface area contributed by atoms with Crippen LogP contribution in [0.1, 0.15) is 35.3 Å². The van der Waals surface area contributed by atoms with Gasteiger partial charge >= 0.3 is 6.03 Å². The van der Waals surface area contributed by atoms with Gasteiger partial charge in [0.05, 0.1) is 10.7 Å². The fourth-order valence-corrected chi connectivity index (χ4v) is 4.51. The minimum atomic E-state index is 0.0957. The minimum absolute atomic E-state index is 0.0957. The highest BCUT2D eigenvalue weighted by Gasteiger charge is 2.34. The number of hydrogen-bond donors (Lipinski definition) is 1. The summed E-state index contributed by atoms with van der Waals surface area (Å²) in [5, 5.41) is 4.20. The first-order valence-electron chi connectivity index (χ1n) is 8.30. The van der Waals surface area contributed by atoms with Gasteiger partial charge in [-0.25, -0.2) is 9.78 Å². The number of allylic oxidation sites excluding steroid dienone is 2. The third kappa shape index (κ3) is 3.35. The molecule has 5 heteroatoms.